The van der Waals surface area contributed by atoms with Crippen LogP contribution in [0.2, 0.25) is 0 Å². The van der Waals surface area contributed by atoms with Crippen LogP contribution in [0, 0.1) is 5.92 Å². The molecule has 0 bridgehead atoms. The Morgan fingerprint density at radius 3 is 2.86 bits per heavy atom. The summed E-state index contributed by atoms with van der Waals surface area (Å²) in [5.41, 5.74) is 0.321. The molecule has 2 aromatic rings. The molecule has 1 unspecified atom stereocenters. The Kier molecular flexibility index (Phi) is 6.33. The largest absolute Gasteiger partial charge is 0.339 e. The summed E-state index contributed by atoms with van der Waals surface area (Å²) in [6, 6.07) is -0.0276. The van der Waals surface area contributed by atoms with Crippen LogP contribution in [-0.4, -0.2) is 67.4 Å². The lowest BCUT2D eigenvalue weighted by Crippen LogP contribution is -2.42. The topological polar surface area (TPSA) is 105 Å². The van der Waals surface area contributed by atoms with Crippen LogP contribution in [0.1, 0.15) is 49.4 Å². The predicted octanol–water partition coefficient (Wildman–Crippen LogP) is 1.36. The molecule has 1 aliphatic heterocycles. The molecule has 2 amide bonds. The van der Waals surface area contributed by atoms with E-state index in [1.165, 1.54) is 18.6 Å². The third-order valence-corrected chi connectivity index (χ3v) is 4.75. The van der Waals surface area contributed by atoms with Gasteiger partial charge in [0.2, 0.25) is 11.8 Å². The van der Waals surface area contributed by atoms with Gasteiger partial charge in [-0.25, -0.2) is 4.98 Å². The van der Waals surface area contributed by atoms with Gasteiger partial charge in [-0.2, -0.15) is 4.98 Å². The quantitative estimate of drug-likeness (QED) is 0.707. The molecule has 0 N–H and O–H groups in total. The van der Waals surface area contributed by atoms with E-state index in [1.807, 2.05) is 0 Å². The highest BCUT2D eigenvalue weighted by molar-refractivity contribution is 5.92. The monoisotopic (exact) mass is 386 g/mol. The van der Waals surface area contributed by atoms with Gasteiger partial charge in [0.25, 0.3) is 5.91 Å². The fourth-order valence-corrected chi connectivity index (χ4v) is 3.39. The maximum Gasteiger partial charge on any atom is 0.274 e. The summed E-state index contributed by atoms with van der Waals surface area (Å²) in [5, 5.41) is 4.01. The number of amides is 2. The molecular weight excluding hydrogens is 360 g/mol. The zero-order valence-corrected chi connectivity index (χ0v) is 16.5. The summed E-state index contributed by atoms with van der Waals surface area (Å²) in [4.78, 5) is 40.7. The number of carbonyl (C=O) groups is 2. The first kappa shape index (κ1) is 19.9. The number of hydrogen-bond acceptors (Lipinski definition) is 7. The molecule has 3 heterocycles. The number of carbonyl (C=O) groups excluding carboxylic acids is 2. The molecule has 1 saturated heterocycles. The van der Waals surface area contributed by atoms with Gasteiger partial charge >= 0.3 is 0 Å². The molecule has 1 aliphatic rings. The zero-order chi connectivity index (χ0) is 20.1. The number of hydrogen-bond donors (Lipinski definition) is 0. The molecule has 9 heteroatoms. The maximum absolute atomic E-state index is 12.5. The van der Waals surface area contributed by atoms with Gasteiger partial charge in [0.1, 0.15) is 5.69 Å². The normalized spacial score (nSPS) is 16.6. The molecule has 3 rings (SSSR count). The fourth-order valence-electron chi connectivity index (χ4n) is 3.39. The summed E-state index contributed by atoms with van der Waals surface area (Å²) < 4.78 is 5.26. The minimum absolute atomic E-state index is 0.0234. The van der Waals surface area contributed by atoms with Crippen molar-refractivity contribution in [3.8, 4) is 0 Å². The van der Waals surface area contributed by atoms with E-state index >= 15 is 0 Å². The van der Waals surface area contributed by atoms with Gasteiger partial charge in [-0.05, 0) is 12.3 Å². The van der Waals surface area contributed by atoms with Crippen LogP contribution in [0.3, 0.4) is 0 Å². The van der Waals surface area contributed by atoms with Crippen LogP contribution < -0.4 is 0 Å². The Hall–Kier alpha value is -2.84. The lowest BCUT2D eigenvalue weighted by atomic mass is 10.1. The molecule has 0 spiro atoms. The van der Waals surface area contributed by atoms with E-state index in [0.29, 0.717) is 49.4 Å². The fraction of sp³-hybridized carbons (Fsp3) is 0.579. The summed E-state index contributed by atoms with van der Waals surface area (Å²) in [6.45, 7) is 7.30. The van der Waals surface area contributed by atoms with Crippen molar-refractivity contribution in [3.63, 3.8) is 0 Å². The van der Waals surface area contributed by atoms with E-state index in [2.05, 4.69) is 34.0 Å². The summed E-state index contributed by atoms with van der Waals surface area (Å²) in [5.74, 6) is 1.49. The average Bonchev–Trinajstić information content (AvgIpc) is 3.31. The van der Waals surface area contributed by atoms with Gasteiger partial charge in [0.05, 0.1) is 12.2 Å². The van der Waals surface area contributed by atoms with Crippen LogP contribution in [-0.2, 0) is 17.6 Å². The van der Waals surface area contributed by atoms with Crippen molar-refractivity contribution < 1.29 is 14.1 Å². The van der Waals surface area contributed by atoms with E-state index in [0.717, 1.165) is 12.8 Å². The summed E-state index contributed by atoms with van der Waals surface area (Å²) in [7, 11) is 0. The highest BCUT2D eigenvalue weighted by Gasteiger charge is 2.32. The smallest absolute Gasteiger partial charge is 0.274 e. The first-order valence-corrected chi connectivity index (χ1v) is 9.58. The van der Waals surface area contributed by atoms with E-state index in [4.69, 9.17) is 4.52 Å². The van der Waals surface area contributed by atoms with Gasteiger partial charge in [-0.15, -0.1) is 0 Å². The molecule has 9 nitrogen and oxygen atoms in total. The van der Waals surface area contributed by atoms with E-state index in [9.17, 15) is 9.59 Å². The molecule has 0 saturated carbocycles. The Bertz CT molecular complexity index is 807. The first-order valence-electron chi connectivity index (χ1n) is 9.58. The van der Waals surface area contributed by atoms with Crippen molar-refractivity contribution in [1.82, 2.24) is 29.9 Å². The van der Waals surface area contributed by atoms with Crippen molar-refractivity contribution in [2.75, 3.05) is 19.6 Å². The Balaban J connectivity index is 1.58. The van der Waals surface area contributed by atoms with Crippen molar-refractivity contribution in [2.45, 2.75) is 46.1 Å². The molecular formula is C19H26N6O3. The van der Waals surface area contributed by atoms with E-state index < -0.39 is 0 Å². The number of rotatable bonds is 7. The van der Waals surface area contributed by atoms with Crippen molar-refractivity contribution >= 4 is 11.8 Å². The predicted molar refractivity (Wildman–Crippen MR) is 100 cm³/mol. The molecule has 28 heavy (non-hydrogen) atoms. The van der Waals surface area contributed by atoms with E-state index in [1.54, 1.807) is 16.7 Å². The SMILES string of the molecule is CC(=O)N(CCc1noc(CC(C)C)n1)C1CCN(C(=O)c2cnccn2)C1. The van der Waals surface area contributed by atoms with Crippen molar-refractivity contribution in [3.05, 3.63) is 36.0 Å². The third kappa shape index (κ3) is 4.90. The van der Waals surface area contributed by atoms with Crippen molar-refractivity contribution in [2.24, 2.45) is 5.92 Å². The van der Waals surface area contributed by atoms with Crippen LogP contribution in [0.15, 0.2) is 23.1 Å². The van der Waals surface area contributed by atoms with Crippen LogP contribution in [0.25, 0.3) is 0 Å². The number of aromatic nitrogens is 4. The highest BCUT2D eigenvalue weighted by Crippen LogP contribution is 2.18. The lowest BCUT2D eigenvalue weighted by molar-refractivity contribution is -0.130. The van der Waals surface area contributed by atoms with Crippen LogP contribution in [0.4, 0.5) is 0 Å². The third-order valence-electron chi connectivity index (χ3n) is 4.75. The molecule has 2 aromatic heterocycles. The molecule has 150 valence electrons. The maximum atomic E-state index is 12.5. The number of likely N-dealkylation sites (tertiary alicyclic amines) is 1. The summed E-state index contributed by atoms with van der Waals surface area (Å²) >= 11 is 0. The average molecular weight is 386 g/mol. The second-order valence-electron chi connectivity index (χ2n) is 7.45. The Morgan fingerprint density at radius 1 is 1.36 bits per heavy atom. The first-order chi connectivity index (χ1) is 13.4. The van der Waals surface area contributed by atoms with Gasteiger partial charge < -0.3 is 14.3 Å². The van der Waals surface area contributed by atoms with Gasteiger partial charge in [0, 0.05) is 51.8 Å². The molecule has 1 atom stereocenters. The Labute approximate surface area is 164 Å². The standard InChI is InChI=1S/C19H26N6O3/c1-13(2)10-18-22-17(23-28-18)5-9-25(14(3)26)15-4-8-24(12-15)19(27)16-11-20-6-7-21-16/h6-7,11,13,15H,4-5,8-10,12H2,1-3H3. The van der Waals surface area contributed by atoms with Gasteiger partial charge in [-0.1, -0.05) is 19.0 Å². The van der Waals surface area contributed by atoms with E-state index in [-0.39, 0.29) is 17.9 Å². The minimum atomic E-state index is -0.157. The second-order valence-corrected chi connectivity index (χ2v) is 7.45. The molecule has 0 aliphatic carbocycles. The number of nitrogens with zero attached hydrogens (tertiary/aromatic N) is 6. The van der Waals surface area contributed by atoms with Gasteiger partial charge in [-0.3, -0.25) is 14.6 Å². The minimum Gasteiger partial charge on any atom is -0.339 e. The summed E-state index contributed by atoms with van der Waals surface area (Å²) in [6.07, 6.45) is 6.49. The molecule has 0 aromatic carbocycles. The molecule has 1 fully saturated rings. The lowest BCUT2D eigenvalue weighted by Gasteiger charge is -2.27. The van der Waals surface area contributed by atoms with Crippen LogP contribution >= 0.6 is 0 Å². The van der Waals surface area contributed by atoms with Crippen molar-refractivity contribution in [1.29, 1.82) is 0 Å². The Morgan fingerprint density at radius 2 is 2.18 bits per heavy atom. The highest BCUT2D eigenvalue weighted by atomic mass is 16.5. The molecule has 0 radical (unpaired) electrons. The zero-order valence-electron chi connectivity index (χ0n) is 16.5. The van der Waals surface area contributed by atoms with Gasteiger partial charge in [0.15, 0.2) is 5.82 Å². The second kappa shape index (κ2) is 8.90. The van der Waals surface area contributed by atoms with Crippen LogP contribution in [0.5, 0.6) is 0 Å².